The number of epoxide rings is 1. The van der Waals surface area contributed by atoms with Gasteiger partial charge in [-0.15, -0.1) is 0 Å². The van der Waals surface area contributed by atoms with E-state index in [1.807, 2.05) is 23.9 Å². The summed E-state index contributed by atoms with van der Waals surface area (Å²) in [7, 11) is 0. The first-order valence-electron chi connectivity index (χ1n) is 3.96. The van der Waals surface area contributed by atoms with Gasteiger partial charge in [0.15, 0.2) is 0 Å². The second-order valence-corrected chi connectivity index (χ2v) is 2.96. The zero-order chi connectivity index (χ0) is 7.68. The Morgan fingerprint density at radius 1 is 1.82 bits per heavy atom. The number of rotatable bonds is 3. The maximum absolute atomic E-state index is 5.10. The van der Waals surface area contributed by atoms with Crippen LogP contribution in [0.4, 0.5) is 0 Å². The van der Waals surface area contributed by atoms with Gasteiger partial charge in [-0.2, -0.15) is 5.10 Å². The summed E-state index contributed by atoms with van der Waals surface area (Å²) in [6.07, 6.45) is 3.62. The first kappa shape index (κ1) is 6.85. The van der Waals surface area contributed by atoms with Gasteiger partial charge in [0.05, 0.1) is 18.4 Å². The first-order valence-corrected chi connectivity index (χ1v) is 3.96. The Bertz CT molecular complexity index is 240. The van der Waals surface area contributed by atoms with Gasteiger partial charge in [-0.3, -0.25) is 4.68 Å². The average molecular weight is 152 g/mol. The van der Waals surface area contributed by atoms with Crippen molar-refractivity contribution in [3.63, 3.8) is 0 Å². The molecule has 0 spiro atoms. The molecular formula is C8H12N2O. The highest BCUT2D eigenvalue weighted by Crippen LogP contribution is 2.13. The predicted molar refractivity (Wildman–Crippen MR) is 41.3 cm³/mol. The van der Waals surface area contributed by atoms with Gasteiger partial charge in [0.25, 0.3) is 0 Å². The molecule has 3 nitrogen and oxygen atoms in total. The number of hydrogen-bond acceptors (Lipinski definition) is 2. The molecule has 3 heteroatoms. The van der Waals surface area contributed by atoms with Gasteiger partial charge >= 0.3 is 0 Å². The lowest BCUT2D eigenvalue weighted by atomic mass is 10.3. The van der Waals surface area contributed by atoms with Crippen molar-refractivity contribution in [2.24, 2.45) is 0 Å². The third-order valence-electron chi connectivity index (χ3n) is 1.86. The van der Waals surface area contributed by atoms with E-state index in [-0.39, 0.29) is 0 Å². The lowest BCUT2D eigenvalue weighted by molar-refractivity contribution is 0.380. The third-order valence-corrected chi connectivity index (χ3v) is 1.86. The Hall–Kier alpha value is -0.830. The van der Waals surface area contributed by atoms with Gasteiger partial charge in [-0.25, -0.2) is 0 Å². The number of hydrogen-bond donors (Lipinski definition) is 0. The minimum Gasteiger partial charge on any atom is -0.373 e. The van der Waals surface area contributed by atoms with Gasteiger partial charge < -0.3 is 4.74 Å². The fourth-order valence-corrected chi connectivity index (χ4v) is 1.10. The van der Waals surface area contributed by atoms with Crippen molar-refractivity contribution in [3.05, 3.63) is 18.0 Å². The molecule has 0 bridgehead atoms. The Labute approximate surface area is 66.0 Å². The van der Waals surface area contributed by atoms with E-state index < -0.39 is 0 Å². The van der Waals surface area contributed by atoms with Crippen LogP contribution in [0.1, 0.15) is 12.1 Å². The summed E-state index contributed by atoms with van der Waals surface area (Å²) in [5, 5.41) is 4.27. The van der Waals surface area contributed by atoms with Gasteiger partial charge in [-0.1, -0.05) is 0 Å². The zero-order valence-corrected chi connectivity index (χ0v) is 6.66. The van der Waals surface area contributed by atoms with E-state index in [0.717, 1.165) is 25.3 Å². The second-order valence-electron chi connectivity index (χ2n) is 2.96. The second kappa shape index (κ2) is 2.66. The average Bonchev–Trinajstić information content (AvgIpc) is 2.72. The van der Waals surface area contributed by atoms with E-state index in [4.69, 9.17) is 4.74 Å². The summed E-state index contributed by atoms with van der Waals surface area (Å²) in [5.74, 6) is 0. The minimum absolute atomic E-state index is 0.513. The normalized spacial score (nSPS) is 22.1. The van der Waals surface area contributed by atoms with Gasteiger partial charge in [0.2, 0.25) is 0 Å². The van der Waals surface area contributed by atoms with Crippen LogP contribution in [0.5, 0.6) is 0 Å². The highest BCUT2D eigenvalue weighted by atomic mass is 16.6. The molecule has 60 valence electrons. The Morgan fingerprint density at radius 3 is 3.18 bits per heavy atom. The number of aryl methyl sites for hydroxylation is 2. The Balaban J connectivity index is 1.85. The molecule has 0 aromatic carbocycles. The quantitative estimate of drug-likeness (QED) is 0.604. The molecule has 1 unspecified atom stereocenters. The highest BCUT2D eigenvalue weighted by molar-refractivity contribution is 4.94. The predicted octanol–water partition coefficient (Wildman–Crippen LogP) is 0.980. The third kappa shape index (κ3) is 1.80. The topological polar surface area (TPSA) is 30.4 Å². The van der Waals surface area contributed by atoms with Crippen molar-refractivity contribution >= 4 is 0 Å². The van der Waals surface area contributed by atoms with Crippen LogP contribution in [0.25, 0.3) is 0 Å². The molecule has 1 fully saturated rings. The van der Waals surface area contributed by atoms with Crippen LogP contribution >= 0.6 is 0 Å². The van der Waals surface area contributed by atoms with Gasteiger partial charge in [0.1, 0.15) is 0 Å². The van der Waals surface area contributed by atoms with E-state index in [9.17, 15) is 0 Å². The largest absolute Gasteiger partial charge is 0.373 e. The summed E-state index contributed by atoms with van der Waals surface area (Å²) in [6.45, 7) is 3.93. The van der Waals surface area contributed by atoms with Gasteiger partial charge in [-0.05, 0) is 19.4 Å². The van der Waals surface area contributed by atoms with E-state index in [0.29, 0.717) is 6.10 Å². The molecule has 11 heavy (non-hydrogen) atoms. The lowest BCUT2D eigenvalue weighted by Crippen LogP contribution is -2.01. The first-order chi connectivity index (χ1) is 5.34. The van der Waals surface area contributed by atoms with E-state index in [1.165, 1.54) is 0 Å². The Morgan fingerprint density at radius 2 is 2.64 bits per heavy atom. The molecule has 1 saturated heterocycles. The van der Waals surface area contributed by atoms with Crippen LogP contribution in [-0.2, 0) is 11.3 Å². The minimum atomic E-state index is 0.513. The van der Waals surface area contributed by atoms with Crippen LogP contribution in [-0.4, -0.2) is 22.5 Å². The SMILES string of the molecule is Cc1ccn(CCC2CO2)n1. The molecule has 0 saturated carbocycles. The number of aromatic nitrogens is 2. The number of ether oxygens (including phenoxy) is 1. The van der Waals surface area contributed by atoms with Crippen LogP contribution in [0.15, 0.2) is 12.3 Å². The maximum atomic E-state index is 5.10. The van der Waals surface area contributed by atoms with Crippen LogP contribution < -0.4 is 0 Å². The van der Waals surface area contributed by atoms with E-state index >= 15 is 0 Å². The monoisotopic (exact) mass is 152 g/mol. The standard InChI is InChI=1S/C8H12N2O/c1-7-2-4-10(9-7)5-3-8-6-11-8/h2,4,8H,3,5-6H2,1H3. The molecule has 2 rings (SSSR count). The molecular weight excluding hydrogens is 140 g/mol. The molecule has 1 aliphatic heterocycles. The molecule has 0 aliphatic carbocycles. The van der Waals surface area contributed by atoms with Crippen molar-refractivity contribution in [2.75, 3.05) is 6.61 Å². The van der Waals surface area contributed by atoms with Crippen molar-refractivity contribution in [1.82, 2.24) is 9.78 Å². The van der Waals surface area contributed by atoms with Crippen LogP contribution in [0.2, 0.25) is 0 Å². The zero-order valence-electron chi connectivity index (χ0n) is 6.66. The van der Waals surface area contributed by atoms with Crippen molar-refractivity contribution in [2.45, 2.75) is 26.0 Å². The van der Waals surface area contributed by atoms with Gasteiger partial charge in [0, 0.05) is 12.7 Å². The molecule has 0 N–H and O–H groups in total. The fourth-order valence-electron chi connectivity index (χ4n) is 1.10. The number of nitrogens with zero attached hydrogens (tertiary/aromatic N) is 2. The van der Waals surface area contributed by atoms with E-state index in [2.05, 4.69) is 5.10 Å². The molecule has 0 radical (unpaired) electrons. The molecule has 1 aromatic rings. The summed E-state index contributed by atoms with van der Waals surface area (Å²) >= 11 is 0. The van der Waals surface area contributed by atoms with Crippen molar-refractivity contribution in [3.8, 4) is 0 Å². The summed E-state index contributed by atoms with van der Waals surface area (Å²) < 4.78 is 7.07. The lowest BCUT2D eigenvalue weighted by Gasteiger charge is -1.96. The summed E-state index contributed by atoms with van der Waals surface area (Å²) in [5.41, 5.74) is 1.08. The van der Waals surface area contributed by atoms with Crippen LogP contribution in [0.3, 0.4) is 0 Å². The van der Waals surface area contributed by atoms with Crippen molar-refractivity contribution in [1.29, 1.82) is 0 Å². The molecule has 0 amide bonds. The molecule has 1 aromatic heterocycles. The van der Waals surface area contributed by atoms with Crippen LogP contribution in [0, 0.1) is 6.92 Å². The van der Waals surface area contributed by atoms with Crippen molar-refractivity contribution < 1.29 is 4.74 Å². The highest BCUT2D eigenvalue weighted by Gasteiger charge is 2.21. The summed E-state index contributed by atoms with van der Waals surface area (Å²) in [4.78, 5) is 0. The van der Waals surface area contributed by atoms with E-state index in [1.54, 1.807) is 0 Å². The summed E-state index contributed by atoms with van der Waals surface area (Å²) in [6, 6.07) is 2.02. The fraction of sp³-hybridized carbons (Fsp3) is 0.625. The molecule has 1 aliphatic rings. The maximum Gasteiger partial charge on any atom is 0.0827 e. The smallest absolute Gasteiger partial charge is 0.0827 e. The Kier molecular flexibility index (Phi) is 1.66. The molecule has 2 heterocycles. The molecule has 1 atom stereocenters.